The van der Waals surface area contributed by atoms with Crippen molar-refractivity contribution in [3.8, 4) is 34.1 Å². The Labute approximate surface area is 246 Å². The molecule has 0 spiro atoms. The number of ether oxygens (including phenoxy) is 5. The summed E-state index contributed by atoms with van der Waals surface area (Å²) < 4.78 is 52.6. The van der Waals surface area contributed by atoms with Gasteiger partial charge in [-0.25, -0.2) is 8.42 Å². The Morgan fingerprint density at radius 1 is 0.952 bits per heavy atom. The molecule has 0 aromatic heterocycles. The number of hydrogen-bond acceptors (Lipinski definition) is 8. The fourth-order valence-electron chi connectivity index (χ4n) is 6.04. The van der Waals surface area contributed by atoms with Crippen molar-refractivity contribution in [2.24, 2.45) is 5.92 Å². The Morgan fingerprint density at radius 2 is 1.79 bits per heavy atom. The standard InChI is InChI=1S/C33H36O8S/c1-21-13-27(40-18-22-8-11-42(35,36)12-9-22)15-24-7-10-38-30-6-3-23(14-29(30)33(21)24)19-39-26-4-5-28-25(16-32(34)37-2)20-41-31(28)17-26/h3-6,13-15,17,22,25H,7-12,16,18-20H2,1-2H3/t25-/m1/s1. The van der Waals surface area contributed by atoms with E-state index >= 15 is 0 Å². The summed E-state index contributed by atoms with van der Waals surface area (Å²) in [5.41, 5.74) is 6.48. The van der Waals surface area contributed by atoms with Crippen molar-refractivity contribution >= 4 is 15.8 Å². The number of carbonyl (C=O) groups is 1. The molecule has 3 aliphatic rings. The van der Waals surface area contributed by atoms with Crippen molar-refractivity contribution in [2.75, 3.05) is 38.4 Å². The molecule has 0 radical (unpaired) electrons. The maximum atomic E-state index is 11.8. The lowest BCUT2D eigenvalue weighted by molar-refractivity contribution is -0.141. The van der Waals surface area contributed by atoms with Crippen molar-refractivity contribution in [1.82, 2.24) is 0 Å². The zero-order valence-electron chi connectivity index (χ0n) is 24.0. The van der Waals surface area contributed by atoms with Crippen LogP contribution in [0.5, 0.6) is 23.0 Å². The van der Waals surface area contributed by atoms with E-state index in [1.54, 1.807) is 0 Å². The molecule has 1 atom stereocenters. The molecule has 0 N–H and O–H groups in total. The molecule has 3 aliphatic heterocycles. The molecule has 0 amide bonds. The first-order valence-corrected chi connectivity index (χ1v) is 16.3. The third-order valence-electron chi connectivity index (χ3n) is 8.40. The second-order valence-corrected chi connectivity index (χ2v) is 13.7. The van der Waals surface area contributed by atoms with Crippen molar-refractivity contribution < 1.29 is 36.9 Å². The van der Waals surface area contributed by atoms with Crippen LogP contribution in [-0.2, 0) is 32.4 Å². The van der Waals surface area contributed by atoms with Crippen LogP contribution in [0.15, 0.2) is 48.5 Å². The third-order valence-corrected chi connectivity index (χ3v) is 10.1. The van der Waals surface area contributed by atoms with E-state index in [4.69, 9.17) is 23.7 Å². The number of rotatable bonds is 8. The van der Waals surface area contributed by atoms with E-state index < -0.39 is 9.84 Å². The van der Waals surface area contributed by atoms with Crippen molar-refractivity contribution in [3.05, 3.63) is 70.8 Å². The van der Waals surface area contributed by atoms with Crippen molar-refractivity contribution in [2.45, 2.75) is 45.1 Å². The first-order valence-electron chi connectivity index (χ1n) is 14.5. The van der Waals surface area contributed by atoms with Crippen LogP contribution in [0, 0.1) is 12.8 Å². The molecule has 0 unspecified atom stereocenters. The summed E-state index contributed by atoms with van der Waals surface area (Å²) in [4.78, 5) is 11.7. The minimum absolute atomic E-state index is 0.00798. The van der Waals surface area contributed by atoms with Crippen LogP contribution >= 0.6 is 0 Å². The number of hydrogen-bond donors (Lipinski definition) is 0. The number of aryl methyl sites for hydroxylation is 1. The van der Waals surface area contributed by atoms with Gasteiger partial charge in [-0.2, -0.15) is 0 Å². The summed E-state index contributed by atoms with van der Waals surface area (Å²) in [6.07, 6.45) is 2.38. The zero-order chi connectivity index (χ0) is 29.3. The van der Waals surface area contributed by atoms with Crippen molar-refractivity contribution in [1.29, 1.82) is 0 Å². The highest BCUT2D eigenvalue weighted by atomic mass is 32.2. The van der Waals surface area contributed by atoms with Gasteiger partial charge in [-0.15, -0.1) is 0 Å². The lowest BCUT2D eigenvalue weighted by Crippen LogP contribution is -2.26. The Bertz CT molecular complexity index is 1580. The first kappa shape index (κ1) is 28.4. The summed E-state index contributed by atoms with van der Waals surface area (Å²) in [6.45, 7) is 4.03. The first-order chi connectivity index (χ1) is 20.3. The maximum absolute atomic E-state index is 11.8. The summed E-state index contributed by atoms with van der Waals surface area (Å²) in [6, 6.07) is 16.1. The van der Waals surface area contributed by atoms with Gasteiger partial charge in [-0.05, 0) is 78.3 Å². The molecule has 8 nitrogen and oxygen atoms in total. The molecule has 1 fully saturated rings. The highest BCUT2D eigenvalue weighted by Crippen LogP contribution is 2.41. The topological polar surface area (TPSA) is 97.4 Å². The maximum Gasteiger partial charge on any atom is 0.306 e. The molecule has 6 rings (SSSR count). The number of fused-ring (bicyclic) bond motifs is 4. The highest BCUT2D eigenvalue weighted by molar-refractivity contribution is 7.91. The second kappa shape index (κ2) is 11.9. The normalized spacial score (nSPS) is 18.9. The molecule has 0 saturated carbocycles. The largest absolute Gasteiger partial charge is 0.493 e. The van der Waals surface area contributed by atoms with Gasteiger partial charge >= 0.3 is 5.97 Å². The van der Waals surface area contributed by atoms with E-state index in [1.165, 1.54) is 12.7 Å². The van der Waals surface area contributed by atoms with Gasteiger partial charge in [-0.1, -0.05) is 12.1 Å². The molecule has 3 heterocycles. The second-order valence-electron chi connectivity index (χ2n) is 11.4. The van der Waals surface area contributed by atoms with Crippen LogP contribution in [0.1, 0.15) is 47.4 Å². The van der Waals surface area contributed by atoms with E-state index in [0.717, 1.165) is 51.5 Å². The minimum Gasteiger partial charge on any atom is -0.493 e. The van der Waals surface area contributed by atoms with E-state index in [9.17, 15) is 13.2 Å². The number of methoxy groups -OCH3 is 1. The van der Waals surface area contributed by atoms with Gasteiger partial charge in [0.1, 0.15) is 39.4 Å². The SMILES string of the molecule is COC(=O)C[C@@H]1COc2cc(OCc3ccc4c(c3)-c3c(C)cc(OCC5CCS(=O)(=O)CC5)cc3CCO4)ccc21. The molecule has 9 heteroatoms. The molecule has 3 aromatic carbocycles. The average molecular weight is 593 g/mol. The quantitative estimate of drug-likeness (QED) is 0.320. The van der Waals surface area contributed by atoms with E-state index in [0.29, 0.717) is 51.4 Å². The molecular weight excluding hydrogens is 556 g/mol. The molecule has 1 saturated heterocycles. The van der Waals surface area contributed by atoms with Gasteiger partial charge in [0.05, 0.1) is 44.9 Å². The molecule has 0 aliphatic carbocycles. The Hall–Kier alpha value is -3.72. The van der Waals surface area contributed by atoms with Gasteiger partial charge in [-0.3, -0.25) is 4.79 Å². The smallest absolute Gasteiger partial charge is 0.306 e. The Kier molecular flexibility index (Phi) is 8.03. The highest BCUT2D eigenvalue weighted by Gasteiger charge is 2.28. The summed E-state index contributed by atoms with van der Waals surface area (Å²) in [5, 5.41) is 0. The fourth-order valence-corrected chi connectivity index (χ4v) is 7.62. The van der Waals surface area contributed by atoms with Crippen LogP contribution in [0.25, 0.3) is 11.1 Å². The molecule has 222 valence electrons. The van der Waals surface area contributed by atoms with Crippen molar-refractivity contribution in [3.63, 3.8) is 0 Å². The van der Waals surface area contributed by atoms with Gasteiger partial charge < -0.3 is 23.7 Å². The van der Waals surface area contributed by atoms with Crippen LogP contribution in [0.4, 0.5) is 0 Å². The number of sulfone groups is 1. The minimum atomic E-state index is -2.88. The third kappa shape index (κ3) is 6.21. The summed E-state index contributed by atoms with van der Waals surface area (Å²) >= 11 is 0. The Morgan fingerprint density at radius 3 is 2.60 bits per heavy atom. The Balaban J connectivity index is 1.15. The zero-order valence-corrected chi connectivity index (χ0v) is 24.8. The molecular formula is C33H36O8S. The van der Waals surface area contributed by atoms with Crippen LogP contribution < -0.4 is 18.9 Å². The summed E-state index contributed by atoms with van der Waals surface area (Å²) in [5.74, 6) is 3.62. The summed E-state index contributed by atoms with van der Waals surface area (Å²) in [7, 11) is -1.48. The van der Waals surface area contributed by atoms with Gasteiger partial charge in [0.25, 0.3) is 0 Å². The predicted molar refractivity (Wildman–Crippen MR) is 158 cm³/mol. The number of esters is 1. The monoisotopic (exact) mass is 592 g/mol. The van der Waals surface area contributed by atoms with E-state index in [2.05, 4.69) is 25.1 Å². The lowest BCUT2D eigenvalue weighted by Gasteiger charge is -2.22. The van der Waals surface area contributed by atoms with Crippen LogP contribution in [0.3, 0.4) is 0 Å². The predicted octanol–water partition coefficient (Wildman–Crippen LogP) is 5.42. The number of benzene rings is 3. The molecule has 42 heavy (non-hydrogen) atoms. The number of carbonyl (C=O) groups excluding carboxylic acids is 1. The molecule has 0 bridgehead atoms. The van der Waals surface area contributed by atoms with Gasteiger partial charge in [0, 0.05) is 29.5 Å². The lowest BCUT2D eigenvalue weighted by atomic mass is 9.92. The van der Waals surface area contributed by atoms with Crippen LogP contribution in [-0.4, -0.2) is 52.8 Å². The van der Waals surface area contributed by atoms with Crippen LogP contribution in [0.2, 0.25) is 0 Å². The van der Waals surface area contributed by atoms with E-state index in [-0.39, 0.29) is 29.3 Å². The average Bonchev–Trinajstić information content (AvgIpc) is 3.27. The van der Waals surface area contributed by atoms with Gasteiger partial charge in [0.15, 0.2) is 0 Å². The van der Waals surface area contributed by atoms with Gasteiger partial charge in [0.2, 0.25) is 0 Å². The molecule has 3 aromatic rings. The fraction of sp³-hybridized carbons (Fsp3) is 0.424. The van der Waals surface area contributed by atoms with E-state index in [1.807, 2.05) is 30.3 Å².